The fourth-order valence-corrected chi connectivity index (χ4v) is 3.87. The molecule has 0 fully saturated rings. The minimum atomic E-state index is -0.202. The third-order valence-corrected chi connectivity index (χ3v) is 5.83. The summed E-state index contributed by atoms with van der Waals surface area (Å²) >= 11 is 13.1. The van der Waals surface area contributed by atoms with Gasteiger partial charge >= 0.3 is 0 Å². The molecule has 32 heavy (non-hydrogen) atoms. The van der Waals surface area contributed by atoms with Gasteiger partial charge in [-0.25, -0.2) is 5.43 Å². The van der Waals surface area contributed by atoms with Crippen LogP contribution in [0, 0.1) is 0 Å². The van der Waals surface area contributed by atoms with E-state index >= 15 is 0 Å². The van der Waals surface area contributed by atoms with Crippen LogP contribution < -0.4 is 14.9 Å². The lowest BCUT2D eigenvalue weighted by Crippen LogP contribution is -2.19. The van der Waals surface area contributed by atoms with Crippen LogP contribution in [0.3, 0.4) is 0 Å². The number of nitrogens with zero attached hydrogens (tertiary/aromatic N) is 1. The van der Waals surface area contributed by atoms with Crippen LogP contribution in [0.15, 0.2) is 74.7 Å². The first-order valence-corrected chi connectivity index (χ1v) is 11.8. The SMILES string of the molecule is CCOc1cc(/C=N/NC(=O)Cc2ccc(Br)cc2)cc(Br)c1OCc1ccccc1Cl. The fraction of sp³-hybridized carbons (Fsp3) is 0.167. The summed E-state index contributed by atoms with van der Waals surface area (Å²) in [6.45, 7) is 2.67. The standard InChI is InChI=1S/C24H21Br2ClN2O3/c1-2-31-22-12-17(14-28-29-23(30)13-16-7-9-19(25)10-8-16)11-20(26)24(22)32-15-18-5-3-4-6-21(18)27/h3-12,14H,2,13,15H2,1H3,(H,29,30)/b28-14+. The van der Waals surface area contributed by atoms with E-state index in [1.54, 1.807) is 12.3 Å². The Kier molecular flexibility index (Phi) is 9.14. The third-order valence-electron chi connectivity index (χ3n) is 4.34. The van der Waals surface area contributed by atoms with E-state index in [9.17, 15) is 4.79 Å². The van der Waals surface area contributed by atoms with E-state index in [0.29, 0.717) is 34.2 Å². The Labute approximate surface area is 209 Å². The van der Waals surface area contributed by atoms with E-state index in [1.807, 2.05) is 61.5 Å². The van der Waals surface area contributed by atoms with Crippen molar-refractivity contribution < 1.29 is 14.3 Å². The van der Waals surface area contributed by atoms with Gasteiger partial charge in [0, 0.05) is 15.1 Å². The maximum atomic E-state index is 12.1. The van der Waals surface area contributed by atoms with Crippen LogP contribution in [0.25, 0.3) is 0 Å². The molecule has 1 N–H and O–H groups in total. The van der Waals surface area contributed by atoms with Crippen LogP contribution in [0.5, 0.6) is 11.5 Å². The second-order valence-electron chi connectivity index (χ2n) is 6.74. The smallest absolute Gasteiger partial charge is 0.244 e. The van der Waals surface area contributed by atoms with Crippen LogP contribution >= 0.6 is 43.5 Å². The zero-order valence-corrected chi connectivity index (χ0v) is 21.2. The summed E-state index contributed by atoms with van der Waals surface area (Å²) in [4.78, 5) is 12.1. The zero-order chi connectivity index (χ0) is 22.9. The molecule has 3 rings (SSSR count). The predicted octanol–water partition coefficient (Wildman–Crippen LogP) is 6.54. The topological polar surface area (TPSA) is 59.9 Å². The van der Waals surface area contributed by atoms with Gasteiger partial charge in [-0.1, -0.05) is 57.9 Å². The van der Waals surface area contributed by atoms with Crippen LogP contribution in [-0.4, -0.2) is 18.7 Å². The Morgan fingerprint density at radius 2 is 1.84 bits per heavy atom. The average Bonchev–Trinajstić information content (AvgIpc) is 2.76. The van der Waals surface area contributed by atoms with Gasteiger partial charge in [-0.3, -0.25) is 4.79 Å². The number of halogens is 3. The molecule has 0 aromatic heterocycles. The van der Waals surface area contributed by atoms with E-state index < -0.39 is 0 Å². The summed E-state index contributed by atoms with van der Waals surface area (Å²) in [6.07, 6.45) is 1.80. The first kappa shape index (κ1) is 24.3. The molecule has 3 aromatic rings. The molecule has 0 bridgehead atoms. The molecular weight excluding hydrogens is 560 g/mol. The molecule has 0 atom stereocenters. The molecule has 0 spiro atoms. The molecule has 3 aromatic carbocycles. The number of hydrazone groups is 1. The molecule has 5 nitrogen and oxygen atoms in total. The lowest BCUT2D eigenvalue weighted by atomic mass is 10.1. The number of carbonyl (C=O) groups is 1. The molecule has 0 aliphatic carbocycles. The maximum absolute atomic E-state index is 12.1. The van der Waals surface area contributed by atoms with Crippen LogP contribution in [0.2, 0.25) is 5.02 Å². The average molecular weight is 581 g/mol. The highest BCUT2D eigenvalue weighted by molar-refractivity contribution is 9.10. The van der Waals surface area contributed by atoms with Crippen molar-refractivity contribution in [1.29, 1.82) is 0 Å². The van der Waals surface area contributed by atoms with Crippen molar-refractivity contribution in [2.45, 2.75) is 20.0 Å². The van der Waals surface area contributed by atoms with Gasteiger partial charge in [-0.2, -0.15) is 5.10 Å². The number of hydrogen-bond donors (Lipinski definition) is 1. The van der Waals surface area contributed by atoms with Crippen molar-refractivity contribution in [3.63, 3.8) is 0 Å². The minimum absolute atomic E-state index is 0.202. The molecule has 1 amide bonds. The Bertz CT molecular complexity index is 1100. The Morgan fingerprint density at radius 1 is 1.09 bits per heavy atom. The number of carbonyl (C=O) groups excluding carboxylic acids is 1. The summed E-state index contributed by atoms with van der Waals surface area (Å²) in [7, 11) is 0. The van der Waals surface area contributed by atoms with E-state index in [2.05, 4.69) is 42.4 Å². The number of nitrogens with one attached hydrogen (secondary N) is 1. The highest BCUT2D eigenvalue weighted by Gasteiger charge is 2.13. The van der Waals surface area contributed by atoms with Gasteiger partial charge in [0.25, 0.3) is 0 Å². The van der Waals surface area contributed by atoms with Crippen molar-refractivity contribution in [2.75, 3.05) is 6.61 Å². The molecule has 0 heterocycles. The van der Waals surface area contributed by atoms with Gasteiger partial charge in [0.15, 0.2) is 11.5 Å². The largest absolute Gasteiger partial charge is 0.490 e. The summed E-state index contributed by atoms with van der Waals surface area (Å²) < 4.78 is 13.4. The van der Waals surface area contributed by atoms with Crippen LogP contribution in [0.1, 0.15) is 23.6 Å². The second-order valence-corrected chi connectivity index (χ2v) is 8.92. The lowest BCUT2D eigenvalue weighted by Gasteiger charge is -2.15. The van der Waals surface area contributed by atoms with E-state index in [1.165, 1.54) is 0 Å². The molecule has 8 heteroatoms. The van der Waals surface area contributed by atoms with Gasteiger partial charge in [0.1, 0.15) is 6.61 Å². The highest BCUT2D eigenvalue weighted by atomic mass is 79.9. The number of benzene rings is 3. The van der Waals surface area contributed by atoms with E-state index in [0.717, 1.165) is 21.2 Å². The molecule has 0 saturated heterocycles. The molecule has 166 valence electrons. The predicted molar refractivity (Wildman–Crippen MR) is 135 cm³/mol. The monoisotopic (exact) mass is 578 g/mol. The van der Waals surface area contributed by atoms with Gasteiger partial charge in [0.05, 0.1) is 23.7 Å². The van der Waals surface area contributed by atoms with Gasteiger partial charge < -0.3 is 9.47 Å². The van der Waals surface area contributed by atoms with Crippen molar-refractivity contribution >= 4 is 55.6 Å². The molecular formula is C24H21Br2ClN2O3. The van der Waals surface area contributed by atoms with Gasteiger partial charge in [0.2, 0.25) is 5.91 Å². The Hall–Kier alpha value is -2.35. The molecule has 0 radical (unpaired) electrons. The van der Waals surface area contributed by atoms with E-state index in [-0.39, 0.29) is 12.3 Å². The third kappa shape index (κ3) is 7.08. The number of hydrogen-bond acceptors (Lipinski definition) is 4. The van der Waals surface area contributed by atoms with Crippen molar-refractivity contribution in [3.8, 4) is 11.5 Å². The summed E-state index contributed by atoms with van der Waals surface area (Å²) in [6, 6.07) is 18.7. The number of amides is 1. The van der Waals surface area contributed by atoms with Gasteiger partial charge in [-0.15, -0.1) is 0 Å². The lowest BCUT2D eigenvalue weighted by molar-refractivity contribution is -0.120. The quantitative estimate of drug-likeness (QED) is 0.231. The summed E-state index contributed by atoms with van der Waals surface area (Å²) in [5.74, 6) is 0.937. The number of ether oxygens (including phenoxy) is 2. The minimum Gasteiger partial charge on any atom is -0.490 e. The highest BCUT2D eigenvalue weighted by Crippen LogP contribution is 2.37. The summed E-state index contributed by atoms with van der Waals surface area (Å²) in [5, 5.41) is 4.71. The normalized spacial score (nSPS) is 10.9. The van der Waals surface area contributed by atoms with Crippen molar-refractivity contribution in [1.82, 2.24) is 5.43 Å². The van der Waals surface area contributed by atoms with Crippen LogP contribution in [0.4, 0.5) is 0 Å². The maximum Gasteiger partial charge on any atom is 0.244 e. The molecule has 0 aliphatic rings. The Balaban J connectivity index is 1.67. The van der Waals surface area contributed by atoms with Crippen molar-refractivity contribution in [2.24, 2.45) is 5.10 Å². The van der Waals surface area contributed by atoms with E-state index in [4.69, 9.17) is 21.1 Å². The fourth-order valence-electron chi connectivity index (χ4n) is 2.84. The second kappa shape index (κ2) is 12.0. The van der Waals surface area contributed by atoms with Gasteiger partial charge in [-0.05, 0) is 64.3 Å². The summed E-state index contributed by atoms with van der Waals surface area (Å²) in [5.41, 5.74) is 5.08. The molecule has 0 saturated carbocycles. The van der Waals surface area contributed by atoms with Crippen LogP contribution in [-0.2, 0) is 17.8 Å². The number of rotatable bonds is 9. The Morgan fingerprint density at radius 3 is 2.56 bits per heavy atom. The first-order valence-electron chi connectivity index (χ1n) is 9.85. The zero-order valence-electron chi connectivity index (χ0n) is 17.3. The van der Waals surface area contributed by atoms with Crippen molar-refractivity contribution in [3.05, 3.63) is 91.3 Å². The molecule has 0 unspecified atom stereocenters. The molecule has 0 aliphatic heterocycles. The first-order chi connectivity index (χ1) is 15.5.